The highest BCUT2D eigenvalue weighted by molar-refractivity contribution is 9.10. The Morgan fingerprint density at radius 1 is 1.28 bits per heavy atom. The SMILES string of the molecule is CCNC(CCC(C)C)Cc1ccc(Br)cc1F. The van der Waals surface area contributed by atoms with Gasteiger partial charge in [0.2, 0.25) is 0 Å². The largest absolute Gasteiger partial charge is 0.314 e. The van der Waals surface area contributed by atoms with Crippen molar-refractivity contribution in [1.82, 2.24) is 5.32 Å². The van der Waals surface area contributed by atoms with E-state index in [9.17, 15) is 4.39 Å². The van der Waals surface area contributed by atoms with E-state index in [4.69, 9.17) is 0 Å². The topological polar surface area (TPSA) is 12.0 Å². The van der Waals surface area contributed by atoms with Gasteiger partial charge in [-0.3, -0.25) is 0 Å². The molecule has 0 heterocycles. The third kappa shape index (κ3) is 5.49. The quantitative estimate of drug-likeness (QED) is 0.778. The number of benzene rings is 1. The summed E-state index contributed by atoms with van der Waals surface area (Å²) in [6, 6.07) is 5.69. The van der Waals surface area contributed by atoms with Gasteiger partial charge in [-0.25, -0.2) is 4.39 Å². The molecule has 1 N–H and O–H groups in total. The molecule has 0 aliphatic heterocycles. The summed E-state index contributed by atoms with van der Waals surface area (Å²) in [5.74, 6) is 0.581. The van der Waals surface area contributed by atoms with E-state index in [1.807, 2.05) is 12.1 Å². The fraction of sp³-hybridized carbons (Fsp3) is 0.600. The highest BCUT2D eigenvalue weighted by Gasteiger charge is 2.12. The van der Waals surface area contributed by atoms with Crippen LogP contribution in [-0.2, 0) is 6.42 Å². The molecule has 0 radical (unpaired) electrons. The van der Waals surface area contributed by atoms with Gasteiger partial charge >= 0.3 is 0 Å². The van der Waals surface area contributed by atoms with E-state index in [1.54, 1.807) is 6.07 Å². The van der Waals surface area contributed by atoms with Gasteiger partial charge in [0.05, 0.1) is 0 Å². The maximum Gasteiger partial charge on any atom is 0.127 e. The Morgan fingerprint density at radius 3 is 2.56 bits per heavy atom. The molecule has 0 aliphatic carbocycles. The molecule has 0 saturated carbocycles. The molecule has 0 aromatic heterocycles. The highest BCUT2D eigenvalue weighted by Crippen LogP contribution is 2.18. The first-order chi connectivity index (χ1) is 8.52. The molecule has 0 saturated heterocycles. The molecule has 0 aliphatic rings. The van der Waals surface area contributed by atoms with Crippen molar-refractivity contribution >= 4 is 15.9 Å². The predicted octanol–water partition coefficient (Wildman–Crippen LogP) is 4.55. The number of likely N-dealkylation sites (N-methyl/N-ethyl adjacent to an activating group) is 1. The standard InChI is InChI=1S/C15H23BrFN/c1-4-18-14(8-5-11(2)3)9-12-6-7-13(16)10-15(12)17/h6-7,10-11,14,18H,4-5,8-9H2,1-3H3. The van der Waals surface area contributed by atoms with Crippen LogP contribution in [-0.4, -0.2) is 12.6 Å². The average Bonchev–Trinajstić information content (AvgIpc) is 2.29. The third-order valence-electron chi connectivity index (χ3n) is 3.07. The summed E-state index contributed by atoms with van der Waals surface area (Å²) >= 11 is 3.29. The Kier molecular flexibility index (Phi) is 6.87. The fourth-order valence-corrected chi connectivity index (χ4v) is 2.39. The molecule has 0 amide bonds. The lowest BCUT2D eigenvalue weighted by molar-refractivity contribution is 0.429. The Morgan fingerprint density at radius 2 is 2.00 bits per heavy atom. The fourth-order valence-electron chi connectivity index (χ4n) is 2.05. The molecule has 1 aromatic carbocycles. The number of nitrogens with one attached hydrogen (secondary N) is 1. The van der Waals surface area contributed by atoms with Crippen LogP contribution in [0.3, 0.4) is 0 Å². The minimum absolute atomic E-state index is 0.114. The van der Waals surface area contributed by atoms with Gasteiger partial charge in [-0.2, -0.15) is 0 Å². The summed E-state index contributed by atoms with van der Waals surface area (Å²) in [6.07, 6.45) is 3.04. The lowest BCUT2D eigenvalue weighted by Crippen LogP contribution is -2.31. The summed E-state index contributed by atoms with van der Waals surface area (Å²) in [6.45, 7) is 7.48. The van der Waals surface area contributed by atoms with Crippen LogP contribution < -0.4 is 5.32 Å². The van der Waals surface area contributed by atoms with Crippen LogP contribution in [0, 0.1) is 11.7 Å². The summed E-state index contributed by atoms with van der Waals surface area (Å²) < 4.78 is 14.6. The normalized spacial score (nSPS) is 13.0. The van der Waals surface area contributed by atoms with E-state index in [-0.39, 0.29) is 5.82 Å². The van der Waals surface area contributed by atoms with Crippen LogP contribution in [0.15, 0.2) is 22.7 Å². The van der Waals surface area contributed by atoms with Gasteiger partial charge in [-0.15, -0.1) is 0 Å². The van der Waals surface area contributed by atoms with Crippen molar-refractivity contribution in [2.75, 3.05) is 6.54 Å². The number of halogens is 2. The molecule has 0 bridgehead atoms. The summed E-state index contributed by atoms with van der Waals surface area (Å²) in [5.41, 5.74) is 0.799. The minimum atomic E-state index is -0.114. The van der Waals surface area contributed by atoms with Crippen molar-refractivity contribution in [3.8, 4) is 0 Å². The maximum atomic E-state index is 13.8. The number of rotatable bonds is 7. The van der Waals surface area contributed by atoms with Gasteiger partial charge < -0.3 is 5.32 Å². The Labute approximate surface area is 118 Å². The molecule has 102 valence electrons. The molecule has 1 unspecified atom stereocenters. The van der Waals surface area contributed by atoms with Gasteiger partial charge in [0.15, 0.2) is 0 Å². The van der Waals surface area contributed by atoms with Crippen LogP contribution in [0.5, 0.6) is 0 Å². The van der Waals surface area contributed by atoms with Gasteiger partial charge in [-0.1, -0.05) is 42.8 Å². The van der Waals surface area contributed by atoms with Gasteiger partial charge in [0.25, 0.3) is 0 Å². The van der Waals surface area contributed by atoms with Crippen molar-refractivity contribution in [3.05, 3.63) is 34.1 Å². The second-order valence-electron chi connectivity index (χ2n) is 5.17. The van der Waals surface area contributed by atoms with Crippen LogP contribution >= 0.6 is 15.9 Å². The van der Waals surface area contributed by atoms with E-state index in [2.05, 4.69) is 42.0 Å². The Hall–Kier alpha value is -0.410. The van der Waals surface area contributed by atoms with Gasteiger partial charge in [-0.05, 0) is 49.4 Å². The van der Waals surface area contributed by atoms with E-state index in [1.165, 1.54) is 6.42 Å². The molecule has 18 heavy (non-hydrogen) atoms. The molecule has 1 atom stereocenters. The van der Waals surface area contributed by atoms with Crippen molar-refractivity contribution in [2.24, 2.45) is 5.92 Å². The molecule has 1 nitrogen and oxygen atoms in total. The van der Waals surface area contributed by atoms with Crippen LogP contribution in [0.1, 0.15) is 39.2 Å². The molecule has 0 fully saturated rings. The van der Waals surface area contributed by atoms with Crippen LogP contribution in [0.4, 0.5) is 4.39 Å². The van der Waals surface area contributed by atoms with Gasteiger partial charge in [0, 0.05) is 10.5 Å². The first-order valence-corrected chi connectivity index (χ1v) is 7.49. The summed E-state index contributed by atoms with van der Waals surface area (Å²) in [4.78, 5) is 0. The molecular weight excluding hydrogens is 293 g/mol. The van der Waals surface area contributed by atoms with E-state index in [0.717, 1.165) is 29.4 Å². The molecule has 3 heteroatoms. The summed E-state index contributed by atoms with van der Waals surface area (Å²) in [7, 11) is 0. The number of hydrogen-bond donors (Lipinski definition) is 1. The van der Waals surface area contributed by atoms with Crippen molar-refractivity contribution in [2.45, 2.75) is 46.1 Å². The predicted molar refractivity (Wildman–Crippen MR) is 79.3 cm³/mol. The first kappa shape index (κ1) is 15.6. The minimum Gasteiger partial charge on any atom is -0.314 e. The van der Waals surface area contributed by atoms with E-state index in [0.29, 0.717) is 12.0 Å². The maximum absolute atomic E-state index is 13.8. The van der Waals surface area contributed by atoms with Crippen molar-refractivity contribution < 1.29 is 4.39 Å². The molecular formula is C15H23BrFN. The van der Waals surface area contributed by atoms with Crippen molar-refractivity contribution in [3.63, 3.8) is 0 Å². The van der Waals surface area contributed by atoms with Gasteiger partial charge in [0.1, 0.15) is 5.82 Å². The van der Waals surface area contributed by atoms with E-state index < -0.39 is 0 Å². The Balaban J connectivity index is 2.64. The lowest BCUT2D eigenvalue weighted by Gasteiger charge is -2.19. The second-order valence-corrected chi connectivity index (χ2v) is 6.08. The van der Waals surface area contributed by atoms with E-state index >= 15 is 0 Å². The molecule has 1 rings (SSSR count). The smallest absolute Gasteiger partial charge is 0.127 e. The monoisotopic (exact) mass is 315 g/mol. The zero-order chi connectivity index (χ0) is 13.5. The average molecular weight is 316 g/mol. The van der Waals surface area contributed by atoms with Crippen LogP contribution in [0.2, 0.25) is 0 Å². The Bertz CT molecular complexity index is 366. The lowest BCUT2D eigenvalue weighted by atomic mass is 9.97. The zero-order valence-corrected chi connectivity index (χ0v) is 13.1. The first-order valence-electron chi connectivity index (χ1n) is 6.70. The molecule has 1 aromatic rings. The third-order valence-corrected chi connectivity index (χ3v) is 3.56. The highest BCUT2D eigenvalue weighted by atomic mass is 79.9. The summed E-state index contributed by atoms with van der Waals surface area (Å²) in [5, 5.41) is 3.45. The molecule has 0 spiro atoms. The zero-order valence-electron chi connectivity index (χ0n) is 11.5. The van der Waals surface area contributed by atoms with Crippen LogP contribution in [0.25, 0.3) is 0 Å². The second kappa shape index (κ2) is 7.90. The number of hydrogen-bond acceptors (Lipinski definition) is 1. The van der Waals surface area contributed by atoms with Crippen molar-refractivity contribution in [1.29, 1.82) is 0 Å².